The van der Waals surface area contributed by atoms with Crippen molar-refractivity contribution in [2.24, 2.45) is 0 Å². The zero-order valence-corrected chi connectivity index (χ0v) is 20.4. The number of nitrogens with one attached hydrogen (secondary N) is 1. The van der Waals surface area contributed by atoms with Crippen molar-refractivity contribution < 1.29 is 19.1 Å². The first-order valence-electron chi connectivity index (χ1n) is 12.1. The van der Waals surface area contributed by atoms with Crippen LogP contribution in [0.1, 0.15) is 18.1 Å². The van der Waals surface area contributed by atoms with Gasteiger partial charge in [0.15, 0.2) is 5.82 Å². The molecule has 1 saturated heterocycles. The number of rotatable bonds is 6. The molecule has 2 aromatic carbocycles. The quantitative estimate of drug-likeness (QED) is 0.436. The molecular weight excluding hydrogens is 470 g/mol. The number of fused-ring (bicyclic) bond motifs is 1. The smallest absolute Gasteiger partial charge is 0.410 e. The van der Waals surface area contributed by atoms with Crippen LogP contribution in [0.2, 0.25) is 0 Å². The summed E-state index contributed by atoms with van der Waals surface area (Å²) in [4.78, 5) is 46.0. The first-order valence-corrected chi connectivity index (χ1v) is 12.1. The van der Waals surface area contributed by atoms with Crippen LogP contribution in [0.3, 0.4) is 0 Å². The minimum absolute atomic E-state index is 0.124. The van der Waals surface area contributed by atoms with Crippen LogP contribution in [-0.2, 0) is 27.4 Å². The molecule has 0 aliphatic carbocycles. The number of piperazine rings is 1. The number of pyridine rings is 1. The molecule has 3 amide bonds. The van der Waals surface area contributed by atoms with E-state index in [0.29, 0.717) is 31.0 Å². The molecule has 0 spiro atoms. The van der Waals surface area contributed by atoms with Gasteiger partial charge in [-0.05, 0) is 35.4 Å². The van der Waals surface area contributed by atoms with Crippen LogP contribution in [0.25, 0.3) is 5.65 Å². The Morgan fingerprint density at radius 3 is 2.46 bits per heavy atom. The summed E-state index contributed by atoms with van der Waals surface area (Å²) < 4.78 is 7.44. The van der Waals surface area contributed by atoms with Gasteiger partial charge in [0.2, 0.25) is 5.91 Å². The lowest BCUT2D eigenvalue weighted by Gasteiger charge is -2.39. The molecule has 4 aromatic rings. The Bertz CT molecular complexity index is 1380. The number of hydrogen-bond acceptors (Lipinski definition) is 5. The number of benzene rings is 2. The van der Waals surface area contributed by atoms with E-state index in [1.807, 2.05) is 77.5 Å². The number of carbonyl (C=O) groups excluding carboxylic acids is 3. The van der Waals surface area contributed by atoms with Crippen LogP contribution < -0.4 is 10.2 Å². The number of imidazole rings is 1. The van der Waals surface area contributed by atoms with Gasteiger partial charge in [0.25, 0.3) is 5.91 Å². The Kier molecular flexibility index (Phi) is 6.85. The van der Waals surface area contributed by atoms with Gasteiger partial charge in [-0.1, -0.05) is 48.5 Å². The predicted molar refractivity (Wildman–Crippen MR) is 139 cm³/mol. The van der Waals surface area contributed by atoms with Crippen molar-refractivity contribution in [2.45, 2.75) is 26.0 Å². The van der Waals surface area contributed by atoms with E-state index in [2.05, 4.69) is 10.3 Å². The molecule has 0 unspecified atom stereocenters. The van der Waals surface area contributed by atoms with Crippen molar-refractivity contribution in [3.8, 4) is 0 Å². The fraction of sp³-hybridized carbons (Fsp3) is 0.214. The summed E-state index contributed by atoms with van der Waals surface area (Å²) in [5.41, 5.74) is 3.12. The molecule has 1 atom stereocenters. The van der Waals surface area contributed by atoms with Gasteiger partial charge in [-0.15, -0.1) is 0 Å². The van der Waals surface area contributed by atoms with E-state index in [1.54, 1.807) is 17.0 Å². The number of anilines is 2. The largest absolute Gasteiger partial charge is 0.445 e. The fourth-order valence-electron chi connectivity index (χ4n) is 4.43. The van der Waals surface area contributed by atoms with E-state index in [-0.39, 0.29) is 18.4 Å². The van der Waals surface area contributed by atoms with Crippen molar-refractivity contribution >= 4 is 35.1 Å². The van der Waals surface area contributed by atoms with Crippen LogP contribution in [0, 0.1) is 0 Å². The molecular formula is C28H27N5O4. The van der Waals surface area contributed by atoms with Gasteiger partial charge >= 0.3 is 6.09 Å². The number of aromatic nitrogens is 2. The highest BCUT2D eigenvalue weighted by Gasteiger charge is 2.39. The van der Waals surface area contributed by atoms with Gasteiger partial charge in [0.05, 0.1) is 6.20 Å². The summed E-state index contributed by atoms with van der Waals surface area (Å²) >= 11 is 0. The third-order valence-corrected chi connectivity index (χ3v) is 6.26. The highest BCUT2D eigenvalue weighted by Crippen LogP contribution is 2.24. The topological polar surface area (TPSA) is 96.3 Å². The van der Waals surface area contributed by atoms with Crippen molar-refractivity contribution in [1.82, 2.24) is 14.3 Å². The van der Waals surface area contributed by atoms with E-state index in [1.165, 1.54) is 11.8 Å². The standard InChI is InChI=1S/C28H27N5O4/c1-20(34)29-23-12-10-21(11-13-23)17-24-27(35)33(26-18-31-14-6-5-9-25(31)30-26)16-15-32(24)28(36)37-19-22-7-3-2-4-8-22/h2-14,18,24H,15-17,19H2,1H3,(H,29,34)/t24-/m1/s1. The van der Waals surface area contributed by atoms with Crippen molar-refractivity contribution in [3.63, 3.8) is 0 Å². The highest BCUT2D eigenvalue weighted by atomic mass is 16.6. The maximum absolute atomic E-state index is 13.8. The summed E-state index contributed by atoms with van der Waals surface area (Å²) in [5.74, 6) is 0.155. The van der Waals surface area contributed by atoms with Gasteiger partial charge in [0, 0.05) is 38.3 Å². The Hall–Kier alpha value is -4.66. The lowest BCUT2D eigenvalue weighted by molar-refractivity contribution is -0.125. The fourth-order valence-corrected chi connectivity index (χ4v) is 4.43. The molecule has 1 aliphatic rings. The van der Waals surface area contributed by atoms with Gasteiger partial charge in [-0.3, -0.25) is 19.4 Å². The van der Waals surface area contributed by atoms with Crippen LogP contribution in [0.5, 0.6) is 0 Å². The van der Waals surface area contributed by atoms with E-state index < -0.39 is 12.1 Å². The second-order valence-corrected chi connectivity index (χ2v) is 8.89. The SMILES string of the molecule is CC(=O)Nc1ccc(C[C@@H]2C(=O)N(c3cn4ccccc4n3)CCN2C(=O)OCc2ccccc2)cc1. The van der Waals surface area contributed by atoms with Gasteiger partial charge in [0.1, 0.15) is 18.3 Å². The molecule has 9 heteroatoms. The average molecular weight is 498 g/mol. The van der Waals surface area contributed by atoms with Crippen LogP contribution in [-0.4, -0.2) is 51.3 Å². The molecule has 1 fully saturated rings. The summed E-state index contributed by atoms with van der Waals surface area (Å²) in [5, 5.41) is 2.74. The van der Waals surface area contributed by atoms with Gasteiger partial charge < -0.3 is 14.5 Å². The predicted octanol–water partition coefficient (Wildman–Crippen LogP) is 3.89. The summed E-state index contributed by atoms with van der Waals surface area (Å²) in [6.07, 6.45) is 3.45. The number of nitrogens with zero attached hydrogens (tertiary/aromatic N) is 4. The number of ether oxygens (including phenoxy) is 1. The van der Waals surface area contributed by atoms with E-state index in [4.69, 9.17) is 4.74 Å². The number of hydrogen-bond donors (Lipinski definition) is 1. The normalized spacial score (nSPS) is 15.6. The van der Waals surface area contributed by atoms with E-state index in [0.717, 1.165) is 16.8 Å². The number of carbonyl (C=O) groups is 3. The minimum Gasteiger partial charge on any atom is -0.445 e. The first kappa shape index (κ1) is 24.1. The lowest BCUT2D eigenvalue weighted by atomic mass is 10.0. The summed E-state index contributed by atoms with van der Waals surface area (Å²) in [7, 11) is 0. The highest BCUT2D eigenvalue weighted by molar-refractivity contribution is 5.99. The van der Waals surface area contributed by atoms with Gasteiger partial charge in [-0.2, -0.15) is 0 Å². The van der Waals surface area contributed by atoms with Crippen LogP contribution in [0.15, 0.2) is 85.2 Å². The molecule has 37 heavy (non-hydrogen) atoms. The lowest BCUT2D eigenvalue weighted by Crippen LogP contribution is -2.60. The zero-order valence-electron chi connectivity index (χ0n) is 20.4. The van der Waals surface area contributed by atoms with Crippen LogP contribution >= 0.6 is 0 Å². The molecule has 5 rings (SSSR count). The summed E-state index contributed by atoms with van der Waals surface area (Å²) in [6, 6.07) is 21.6. The Morgan fingerprint density at radius 2 is 1.73 bits per heavy atom. The van der Waals surface area contributed by atoms with Crippen LogP contribution in [0.4, 0.5) is 16.3 Å². The zero-order chi connectivity index (χ0) is 25.8. The Morgan fingerprint density at radius 1 is 0.973 bits per heavy atom. The molecule has 2 aromatic heterocycles. The maximum Gasteiger partial charge on any atom is 0.410 e. The van der Waals surface area contributed by atoms with E-state index in [9.17, 15) is 14.4 Å². The van der Waals surface area contributed by atoms with Crippen molar-refractivity contribution in [3.05, 3.63) is 96.3 Å². The molecule has 188 valence electrons. The molecule has 1 aliphatic heterocycles. The molecule has 3 heterocycles. The Balaban J connectivity index is 1.38. The summed E-state index contributed by atoms with van der Waals surface area (Å²) in [6.45, 7) is 2.18. The molecule has 0 saturated carbocycles. The van der Waals surface area contributed by atoms with Crippen molar-refractivity contribution in [2.75, 3.05) is 23.3 Å². The average Bonchev–Trinajstić information content (AvgIpc) is 3.34. The van der Waals surface area contributed by atoms with Gasteiger partial charge in [-0.25, -0.2) is 9.78 Å². The minimum atomic E-state index is -0.770. The molecule has 0 radical (unpaired) electrons. The number of amides is 3. The van der Waals surface area contributed by atoms with E-state index >= 15 is 0 Å². The third-order valence-electron chi connectivity index (χ3n) is 6.26. The second-order valence-electron chi connectivity index (χ2n) is 8.89. The third kappa shape index (κ3) is 5.45. The van der Waals surface area contributed by atoms with Crippen molar-refractivity contribution in [1.29, 1.82) is 0 Å². The maximum atomic E-state index is 13.8. The molecule has 9 nitrogen and oxygen atoms in total. The second kappa shape index (κ2) is 10.5. The monoisotopic (exact) mass is 497 g/mol. The molecule has 1 N–H and O–H groups in total. The first-order chi connectivity index (χ1) is 18.0. The molecule has 0 bridgehead atoms. The Labute approximate surface area is 214 Å².